The monoisotopic (exact) mass is 128 g/mol. The van der Waals surface area contributed by atoms with Gasteiger partial charge in [0.15, 0.2) is 0 Å². The molecule has 0 saturated heterocycles. The van der Waals surface area contributed by atoms with Crippen LogP contribution in [0.1, 0.15) is 26.7 Å². The zero-order valence-electron chi connectivity index (χ0n) is 6.22. The van der Waals surface area contributed by atoms with Crippen LogP contribution in [0.25, 0.3) is 0 Å². The summed E-state index contributed by atoms with van der Waals surface area (Å²) in [6, 6.07) is 0.233. The maximum absolute atomic E-state index is 6.97. The van der Waals surface area contributed by atoms with Gasteiger partial charge in [-0.1, -0.05) is 6.92 Å². The topological polar surface area (TPSA) is 49.9 Å². The molecule has 0 radical (unpaired) electrons. The Labute approximate surface area is 57.0 Å². The Morgan fingerprint density at radius 2 is 2.22 bits per heavy atom. The summed E-state index contributed by atoms with van der Waals surface area (Å²) in [6.45, 7) is 4.06. The molecule has 0 bridgehead atoms. The van der Waals surface area contributed by atoms with Crippen LogP contribution in [0.4, 0.5) is 0 Å². The highest BCUT2D eigenvalue weighted by Crippen LogP contribution is 2.05. The third-order valence-corrected chi connectivity index (χ3v) is 1.43. The predicted octanol–water partition coefficient (Wildman–Crippen LogP) is 1.40. The fourth-order valence-corrected chi connectivity index (χ4v) is 0.830. The van der Waals surface area contributed by atoms with Gasteiger partial charge in [-0.15, -0.1) is 0 Å². The van der Waals surface area contributed by atoms with Gasteiger partial charge in [0.25, 0.3) is 0 Å². The first kappa shape index (κ1) is 8.63. The van der Waals surface area contributed by atoms with Gasteiger partial charge in [-0.2, -0.15) is 0 Å². The number of rotatable bonds is 4. The average molecular weight is 128 g/mol. The fourth-order valence-electron chi connectivity index (χ4n) is 0.830. The third-order valence-electron chi connectivity index (χ3n) is 1.43. The molecule has 0 aromatic heterocycles. The van der Waals surface area contributed by atoms with Crippen molar-refractivity contribution < 1.29 is 0 Å². The lowest BCUT2D eigenvalue weighted by Crippen LogP contribution is -2.19. The second-order valence-electron chi connectivity index (χ2n) is 2.55. The first-order valence-corrected chi connectivity index (χ1v) is 3.46. The molecule has 0 amide bonds. The van der Waals surface area contributed by atoms with E-state index in [4.69, 9.17) is 11.1 Å². The summed E-state index contributed by atoms with van der Waals surface area (Å²) in [7, 11) is 0. The van der Waals surface area contributed by atoms with Crippen molar-refractivity contribution in [3.8, 4) is 0 Å². The maximum atomic E-state index is 6.97. The van der Waals surface area contributed by atoms with Crippen molar-refractivity contribution >= 4 is 6.21 Å². The third kappa shape index (κ3) is 4.15. The Bertz CT molecular complexity index is 79.0. The van der Waals surface area contributed by atoms with Gasteiger partial charge in [-0.05, 0) is 31.9 Å². The van der Waals surface area contributed by atoms with E-state index in [1.54, 1.807) is 0 Å². The number of nitrogens with two attached hydrogens (primary N) is 1. The van der Waals surface area contributed by atoms with Crippen molar-refractivity contribution in [1.29, 1.82) is 5.41 Å². The summed E-state index contributed by atoms with van der Waals surface area (Å²) >= 11 is 0. The molecule has 3 N–H and O–H groups in total. The van der Waals surface area contributed by atoms with Crippen LogP contribution in [0.2, 0.25) is 0 Å². The Balaban J connectivity index is 3.42. The highest BCUT2D eigenvalue weighted by atomic mass is 14.6. The van der Waals surface area contributed by atoms with Gasteiger partial charge in [0.2, 0.25) is 0 Å². The molecule has 0 aliphatic rings. The van der Waals surface area contributed by atoms with Crippen LogP contribution in [-0.4, -0.2) is 12.3 Å². The van der Waals surface area contributed by atoms with Crippen LogP contribution in [0.3, 0.4) is 0 Å². The van der Waals surface area contributed by atoms with Crippen molar-refractivity contribution in [3.63, 3.8) is 0 Å². The van der Waals surface area contributed by atoms with Gasteiger partial charge in [0, 0.05) is 6.04 Å². The van der Waals surface area contributed by atoms with Crippen molar-refractivity contribution in [2.24, 2.45) is 11.7 Å². The zero-order valence-corrected chi connectivity index (χ0v) is 6.22. The SMILES string of the molecule is CCC(C=N)CC(C)N. The molecule has 0 aliphatic heterocycles. The smallest absolute Gasteiger partial charge is 0.00166 e. The number of hydrogen-bond donors (Lipinski definition) is 2. The van der Waals surface area contributed by atoms with Crippen molar-refractivity contribution in [2.45, 2.75) is 32.7 Å². The van der Waals surface area contributed by atoms with E-state index in [1.807, 2.05) is 6.92 Å². The lowest BCUT2D eigenvalue weighted by atomic mass is 10.0. The molecular weight excluding hydrogens is 112 g/mol. The molecule has 2 nitrogen and oxygen atoms in total. The molecule has 9 heavy (non-hydrogen) atoms. The van der Waals surface area contributed by atoms with Gasteiger partial charge < -0.3 is 11.1 Å². The van der Waals surface area contributed by atoms with Crippen LogP contribution < -0.4 is 5.73 Å². The minimum atomic E-state index is 0.233. The van der Waals surface area contributed by atoms with E-state index in [9.17, 15) is 0 Å². The quantitative estimate of drug-likeness (QED) is 0.552. The van der Waals surface area contributed by atoms with E-state index in [0.29, 0.717) is 5.92 Å². The molecule has 2 atom stereocenters. The Hall–Kier alpha value is -0.370. The first-order valence-electron chi connectivity index (χ1n) is 3.46. The van der Waals surface area contributed by atoms with E-state index in [1.165, 1.54) is 6.21 Å². The molecule has 54 valence electrons. The van der Waals surface area contributed by atoms with Gasteiger partial charge in [0.05, 0.1) is 0 Å². The molecular formula is C7H16N2. The first-order chi connectivity index (χ1) is 4.20. The second-order valence-corrected chi connectivity index (χ2v) is 2.55. The van der Waals surface area contributed by atoms with Crippen LogP contribution in [-0.2, 0) is 0 Å². The molecule has 0 fully saturated rings. The van der Waals surface area contributed by atoms with Crippen LogP contribution >= 0.6 is 0 Å². The lowest BCUT2D eigenvalue weighted by Gasteiger charge is -2.10. The summed E-state index contributed by atoms with van der Waals surface area (Å²) < 4.78 is 0. The summed E-state index contributed by atoms with van der Waals surface area (Å²) in [6.07, 6.45) is 3.47. The Kier molecular flexibility index (Phi) is 4.32. The van der Waals surface area contributed by atoms with Gasteiger partial charge in [-0.25, -0.2) is 0 Å². The van der Waals surface area contributed by atoms with Crippen molar-refractivity contribution in [3.05, 3.63) is 0 Å². The molecule has 0 aromatic carbocycles. The van der Waals surface area contributed by atoms with Crippen LogP contribution in [0.5, 0.6) is 0 Å². The summed E-state index contributed by atoms with van der Waals surface area (Å²) in [5.41, 5.74) is 5.54. The molecule has 0 spiro atoms. The lowest BCUT2D eigenvalue weighted by molar-refractivity contribution is 0.544. The molecule has 0 aliphatic carbocycles. The van der Waals surface area contributed by atoms with Gasteiger partial charge >= 0.3 is 0 Å². The summed E-state index contributed by atoms with van der Waals surface area (Å²) in [5.74, 6) is 0.394. The van der Waals surface area contributed by atoms with Gasteiger partial charge in [-0.3, -0.25) is 0 Å². The molecule has 0 heterocycles. The Morgan fingerprint density at radius 1 is 1.67 bits per heavy atom. The van der Waals surface area contributed by atoms with Crippen LogP contribution in [0.15, 0.2) is 0 Å². The van der Waals surface area contributed by atoms with Crippen LogP contribution in [0, 0.1) is 11.3 Å². The zero-order chi connectivity index (χ0) is 7.28. The number of nitrogens with one attached hydrogen (secondary N) is 1. The Morgan fingerprint density at radius 3 is 2.33 bits per heavy atom. The minimum Gasteiger partial charge on any atom is -0.328 e. The molecule has 2 unspecified atom stereocenters. The molecule has 0 saturated carbocycles. The average Bonchev–Trinajstić information content (AvgIpc) is 1.82. The fraction of sp³-hybridized carbons (Fsp3) is 0.857. The van der Waals surface area contributed by atoms with E-state index in [0.717, 1.165) is 12.8 Å². The maximum Gasteiger partial charge on any atom is 0.00166 e. The van der Waals surface area contributed by atoms with E-state index in [2.05, 4.69) is 6.92 Å². The largest absolute Gasteiger partial charge is 0.328 e. The normalized spacial score (nSPS) is 16.8. The highest BCUT2D eigenvalue weighted by molar-refractivity contribution is 5.56. The van der Waals surface area contributed by atoms with E-state index < -0.39 is 0 Å². The van der Waals surface area contributed by atoms with Crippen molar-refractivity contribution in [1.82, 2.24) is 0 Å². The number of hydrogen-bond acceptors (Lipinski definition) is 2. The highest BCUT2D eigenvalue weighted by Gasteiger charge is 2.03. The van der Waals surface area contributed by atoms with E-state index >= 15 is 0 Å². The minimum absolute atomic E-state index is 0.233. The van der Waals surface area contributed by atoms with Gasteiger partial charge in [0.1, 0.15) is 0 Å². The standard InChI is InChI=1S/C7H16N2/c1-3-7(5-8)4-6(2)9/h5-8H,3-4,9H2,1-2H3. The second kappa shape index (κ2) is 4.50. The predicted molar refractivity (Wildman–Crippen MR) is 40.8 cm³/mol. The molecule has 2 heteroatoms. The van der Waals surface area contributed by atoms with Crippen molar-refractivity contribution in [2.75, 3.05) is 0 Å². The summed E-state index contributed by atoms with van der Waals surface area (Å²) in [5, 5.41) is 6.97. The molecule has 0 aromatic rings. The molecule has 0 rings (SSSR count). The summed E-state index contributed by atoms with van der Waals surface area (Å²) in [4.78, 5) is 0. The van der Waals surface area contributed by atoms with E-state index in [-0.39, 0.29) is 6.04 Å².